The third-order valence-corrected chi connectivity index (χ3v) is 3.56. The summed E-state index contributed by atoms with van der Waals surface area (Å²) in [6.07, 6.45) is 0.355. The SMILES string of the molecule is CCOC(=O)CO/N=C(/NCCC[C@H](NI)C(=O)OCC)NC(=O)OCC. The number of ether oxygens (including phenoxy) is 3. The van der Waals surface area contributed by atoms with Crippen molar-refractivity contribution in [1.29, 1.82) is 0 Å². The smallest absolute Gasteiger partial charge is 0.414 e. The summed E-state index contributed by atoms with van der Waals surface area (Å²) in [4.78, 5) is 39.3. The standard InChI is InChI=1S/C15H27IN4O7/c1-4-24-12(21)10-27-20-14(18-15(23)26-6-3)17-9-7-8-11(19-16)13(22)25-5-2/h11,19H,4-10H2,1-3H3,(H2,17,18,20,23)/t11-/m0/s1. The highest BCUT2D eigenvalue weighted by Crippen LogP contribution is 2.01. The van der Waals surface area contributed by atoms with Crippen molar-refractivity contribution in [3.63, 3.8) is 0 Å². The summed E-state index contributed by atoms with van der Waals surface area (Å²) in [5, 5.41) is 8.86. The van der Waals surface area contributed by atoms with Crippen molar-refractivity contribution >= 4 is 46.9 Å². The molecule has 0 aromatic heterocycles. The Morgan fingerprint density at radius 1 is 1.04 bits per heavy atom. The van der Waals surface area contributed by atoms with E-state index in [1.165, 1.54) is 0 Å². The number of amides is 1. The second-order valence-corrected chi connectivity index (χ2v) is 5.47. The number of alkyl carbamates (subject to hydrolysis) is 1. The van der Waals surface area contributed by atoms with Crippen molar-refractivity contribution in [3.8, 4) is 0 Å². The van der Waals surface area contributed by atoms with E-state index in [1.807, 2.05) is 22.9 Å². The molecule has 0 unspecified atom stereocenters. The van der Waals surface area contributed by atoms with Crippen LogP contribution < -0.4 is 14.2 Å². The van der Waals surface area contributed by atoms with Gasteiger partial charge in [0.1, 0.15) is 6.04 Å². The third-order valence-electron chi connectivity index (χ3n) is 2.80. The summed E-state index contributed by atoms with van der Waals surface area (Å²) in [5.74, 6) is -0.932. The van der Waals surface area contributed by atoms with Crippen LogP contribution in [0.1, 0.15) is 33.6 Å². The molecule has 0 rings (SSSR count). The molecular weight excluding hydrogens is 475 g/mol. The van der Waals surface area contributed by atoms with E-state index in [0.717, 1.165) is 0 Å². The third kappa shape index (κ3) is 13.1. The van der Waals surface area contributed by atoms with Gasteiger partial charge in [-0.1, -0.05) is 0 Å². The summed E-state index contributed by atoms with van der Waals surface area (Å²) in [7, 11) is 0. The van der Waals surface area contributed by atoms with Crippen LogP contribution in [-0.4, -0.2) is 63.0 Å². The Balaban J connectivity index is 4.50. The minimum absolute atomic E-state index is 0.0205. The number of halogens is 1. The van der Waals surface area contributed by atoms with Crippen LogP contribution >= 0.6 is 22.9 Å². The van der Waals surface area contributed by atoms with E-state index < -0.39 is 24.7 Å². The van der Waals surface area contributed by atoms with E-state index >= 15 is 0 Å². The van der Waals surface area contributed by atoms with Gasteiger partial charge >= 0.3 is 18.0 Å². The van der Waals surface area contributed by atoms with Crippen LogP contribution in [0.3, 0.4) is 0 Å². The van der Waals surface area contributed by atoms with Gasteiger partial charge in [0.05, 0.1) is 19.8 Å². The average molecular weight is 502 g/mol. The minimum atomic E-state index is -0.721. The van der Waals surface area contributed by atoms with Gasteiger partial charge in [-0.3, -0.25) is 10.1 Å². The lowest BCUT2D eigenvalue weighted by atomic mass is 10.2. The molecule has 0 aromatic carbocycles. The summed E-state index contributed by atoms with van der Waals surface area (Å²) in [6, 6.07) is -0.439. The van der Waals surface area contributed by atoms with Crippen molar-refractivity contribution in [3.05, 3.63) is 0 Å². The fourth-order valence-electron chi connectivity index (χ4n) is 1.69. The quantitative estimate of drug-likeness (QED) is 0.0518. The van der Waals surface area contributed by atoms with Gasteiger partial charge in [-0.2, -0.15) is 0 Å². The minimum Gasteiger partial charge on any atom is -0.465 e. The number of nitrogens with one attached hydrogen (secondary N) is 3. The first-order valence-electron chi connectivity index (χ1n) is 8.54. The lowest BCUT2D eigenvalue weighted by Gasteiger charge is -2.14. The van der Waals surface area contributed by atoms with Gasteiger partial charge in [-0.15, -0.1) is 0 Å². The zero-order valence-electron chi connectivity index (χ0n) is 15.7. The maximum Gasteiger partial charge on any atom is 0.414 e. The molecule has 0 spiro atoms. The Kier molecular flexibility index (Phi) is 15.2. The molecule has 0 heterocycles. The monoisotopic (exact) mass is 502 g/mol. The summed E-state index contributed by atoms with van der Waals surface area (Å²) < 4.78 is 17.3. The van der Waals surface area contributed by atoms with Crippen molar-refractivity contribution in [2.75, 3.05) is 33.0 Å². The Hall–Kier alpha value is -1.83. The van der Waals surface area contributed by atoms with Crippen LogP contribution in [0, 0.1) is 0 Å². The second kappa shape index (κ2) is 16.4. The van der Waals surface area contributed by atoms with E-state index in [2.05, 4.69) is 19.3 Å². The molecule has 27 heavy (non-hydrogen) atoms. The Morgan fingerprint density at radius 3 is 2.30 bits per heavy atom. The highest BCUT2D eigenvalue weighted by Gasteiger charge is 2.17. The van der Waals surface area contributed by atoms with Crippen molar-refractivity contribution in [2.45, 2.75) is 39.7 Å². The van der Waals surface area contributed by atoms with Crippen LogP contribution in [-0.2, 0) is 28.6 Å². The zero-order valence-corrected chi connectivity index (χ0v) is 17.9. The average Bonchev–Trinajstić information content (AvgIpc) is 2.62. The lowest BCUT2D eigenvalue weighted by Crippen LogP contribution is -2.42. The molecule has 0 saturated carbocycles. The number of guanidine groups is 1. The van der Waals surface area contributed by atoms with Crippen molar-refractivity contribution < 1.29 is 33.4 Å². The van der Waals surface area contributed by atoms with E-state index in [0.29, 0.717) is 26.0 Å². The molecule has 0 aliphatic heterocycles. The van der Waals surface area contributed by atoms with Gasteiger partial charge in [0.2, 0.25) is 12.6 Å². The molecule has 1 atom stereocenters. The molecule has 0 aliphatic carbocycles. The molecule has 11 nitrogen and oxygen atoms in total. The molecule has 156 valence electrons. The molecule has 0 saturated heterocycles. The predicted octanol–water partition coefficient (Wildman–Crippen LogP) is 0.824. The van der Waals surface area contributed by atoms with Crippen LogP contribution in [0.2, 0.25) is 0 Å². The highest BCUT2D eigenvalue weighted by molar-refractivity contribution is 14.1. The summed E-state index contributed by atoms with van der Waals surface area (Å²) in [6.45, 7) is 5.78. The Labute approximate surface area is 172 Å². The molecular formula is C15H27IN4O7. The van der Waals surface area contributed by atoms with E-state index in [4.69, 9.17) is 19.0 Å². The number of nitrogens with zero attached hydrogens (tertiary/aromatic N) is 1. The number of carbonyl (C=O) groups is 3. The maximum atomic E-state index is 11.7. The topological polar surface area (TPSA) is 137 Å². The van der Waals surface area contributed by atoms with E-state index in [-0.39, 0.29) is 25.1 Å². The van der Waals surface area contributed by atoms with Crippen LogP contribution in [0.25, 0.3) is 0 Å². The molecule has 0 aromatic rings. The highest BCUT2D eigenvalue weighted by atomic mass is 127. The molecule has 0 bridgehead atoms. The first-order chi connectivity index (χ1) is 13.0. The molecule has 0 fully saturated rings. The maximum absolute atomic E-state index is 11.7. The predicted molar refractivity (Wildman–Crippen MR) is 105 cm³/mol. The van der Waals surface area contributed by atoms with Gasteiger partial charge in [0, 0.05) is 29.4 Å². The van der Waals surface area contributed by atoms with Crippen molar-refractivity contribution in [2.24, 2.45) is 5.16 Å². The van der Waals surface area contributed by atoms with Gasteiger partial charge in [0.15, 0.2) is 0 Å². The summed E-state index contributed by atoms with van der Waals surface area (Å²) in [5.41, 5.74) is 0. The van der Waals surface area contributed by atoms with Crippen LogP contribution in [0.5, 0.6) is 0 Å². The lowest BCUT2D eigenvalue weighted by molar-refractivity contribution is -0.148. The number of hydrogen-bond acceptors (Lipinski definition) is 9. The number of rotatable bonds is 12. The molecule has 3 N–H and O–H groups in total. The molecule has 12 heteroatoms. The number of esters is 2. The number of hydrogen-bond donors (Lipinski definition) is 3. The largest absolute Gasteiger partial charge is 0.465 e. The van der Waals surface area contributed by atoms with Gasteiger partial charge in [-0.25, -0.2) is 13.1 Å². The normalized spacial score (nSPS) is 11.9. The second-order valence-electron chi connectivity index (χ2n) is 4.85. The van der Waals surface area contributed by atoms with Crippen molar-refractivity contribution in [1.82, 2.24) is 14.2 Å². The van der Waals surface area contributed by atoms with Gasteiger partial charge in [-0.05, 0) is 38.8 Å². The van der Waals surface area contributed by atoms with Gasteiger partial charge < -0.3 is 24.4 Å². The van der Waals surface area contributed by atoms with Crippen LogP contribution in [0.15, 0.2) is 5.16 Å². The van der Waals surface area contributed by atoms with E-state index in [1.54, 1.807) is 20.8 Å². The van der Waals surface area contributed by atoms with Gasteiger partial charge in [0.25, 0.3) is 0 Å². The first kappa shape index (κ1) is 25.2. The first-order valence-corrected chi connectivity index (χ1v) is 9.62. The molecule has 1 amide bonds. The molecule has 0 radical (unpaired) electrons. The number of carbonyl (C=O) groups excluding carboxylic acids is 3. The zero-order chi connectivity index (χ0) is 20.5. The van der Waals surface area contributed by atoms with Crippen LogP contribution in [0.4, 0.5) is 4.79 Å². The van der Waals surface area contributed by atoms with E-state index in [9.17, 15) is 14.4 Å². The number of oxime groups is 1. The Bertz CT molecular complexity index is 491. The Morgan fingerprint density at radius 2 is 1.70 bits per heavy atom. The fraction of sp³-hybridized carbons (Fsp3) is 0.733. The molecule has 0 aliphatic rings. The fourth-order valence-corrected chi connectivity index (χ4v) is 2.25. The summed E-state index contributed by atoms with van der Waals surface area (Å²) >= 11 is 1.89.